The number of rotatable bonds is 3. The molecule has 0 radical (unpaired) electrons. The maximum absolute atomic E-state index is 11.5. The minimum absolute atomic E-state index is 0.00204. The van der Waals surface area contributed by atoms with Gasteiger partial charge >= 0.3 is 0 Å². The number of carbonyl (C=O) groups excluding carboxylic acids is 1. The summed E-state index contributed by atoms with van der Waals surface area (Å²) in [6.45, 7) is 8.56. The molecule has 2 unspecified atom stereocenters. The van der Waals surface area contributed by atoms with Crippen molar-refractivity contribution in [3.8, 4) is 0 Å². The van der Waals surface area contributed by atoms with Crippen molar-refractivity contribution < 1.29 is 4.79 Å². The highest BCUT2D eigenvalue weighted by atomic mass is 35.5. The number of benzene rings is 1. The van der Waals surface area contributed by atoms with Crippen LogP contribution in [-0.2, 0) is 11.2 Å². The lowest BCUT2D eigenvalue weighted by Crippen LogP contribution is -2.10. The van der Waals surface area contributed by atoms with Gasteiger partial charge in [0.1, 0.15) is 0 Å². The fraction of sp³-hybridized carbons (Fsp3) is 0.533. The molecule has 92 valence electrons. The maximum atomic E-state index is 11.5. The van der Waals surface area contributed by atoms with E-state index in [9.17, 15) is 4.79 Å². The molecule has 0 heterocycles. The van der Waals surface area contributed by atoms with Gasteiger partial charge in [-0.2, -0.15) is 0 Å². The van der Waals surface area contributed by atoms with E-state index < -0.39 is 0 Å². The summed E-state index contributed by atoms with van der Waals surface area (Å²) in [6.07, 6.45) is 0.926. The van der Waals surface area contributed by atoms with E-state index in [1.165, 1.54) is 11.1 Å². The van der Waals surface area contributed by atoms with Crippen LogP contribution in [0.5, 0.6) is 0 Å². The summed E-state index contributed by atoms with van der Waals surface area (Å²) in [6, 6.07) is 8.36. The van der Waals surface area contributed by atoms with Crippen molar-refractivity contribution in [3.05, 3.63) is 35.4 Å². The molecule has 0 aromatic heterocycles. The van der Waals surface area contributed by atoms with Crippen LogP contribution >= 0.6 is 11.6 Å². The third-order valence-corrected chi connectivity index (χ3v) is 5.01. The SMILES string of the molecule is Cc1ccccc1CC1(C)C(C(=O)Cl)C1(C)C. The number of carbonyl (C=O) groups is 1. The Kier molecular flexibility index (Phi) is 2.86. The summed E-state index contributed by atoms with van der Waals surface area (Å²) in [7, 11) is 0. The molecule has 1 aromatic carbocycles. The highest BCUT2D eigenvalue weighted by molar-refractivity contribution is 6.64. The molecule has 1 saturated carbocycles. The van der Waals surface area contributed by atoms with Gasteiger partial charge in [0.05, 0.1) is 0 Å². The third kappa shape index (κ3) is 1.81. The molecule has 2 rings (SSSR count). The first-order valence-electron chi connectivity index (χ1n) is 6.04. The normalized spacial score (nSPS) is 30.1. The molecule has 0 spiro atoms. The Bertz CT molecular complexity index is 464. The standard InChI is InChI=1S/C15H19ClO/c1-10-7-5-6-8-11(10)9-15(4)12(13(16)17)14(15,2)3/h5-8,12H,9H2,1-4H3. The van der Waals surface area contributed by atoms with Crippen LogP contribution in [0.15, 0.2) is 24.3 Å². The molecule has 1 fully saturated rings. The van der Waals surface area contributed by atoms with Gasteiger partial charge < -0.3 is 0 Å². The molecule has 2 atom stereocenters. The second-order valence-corrected chi connectivity index (χ2v) is 6.35. The molecular weight excluding hydrogens is 232 g/mol. The van der Waals surface area contributed by atoms with E-state index in [0.717, 1.165) is 6.42 Å². The van der Waals surface area contributed by atoms with Crippen LogP contribution in [0.4, 0.5) is 0 Å². The molecule has 1 aromatic rings. The molecule has 2 heteroatoms. The van der Waals surface area contributed by atoms with Crippen molar-refractivity contribution in [2.75, 3.05) is 0 Å². The van der Waals surface area contributed by atoms with Crippen LogP contribution in [0.2, 0.25) is 0 Å². The highest BCUT2D eigenvalue weighted by Gasteiger charge is 2.70. The predicted molar refractivity (Wildman–Crippen MR) is 71.1 cm³/mol. The second-order valence-electron chi connectivity index (χ2n) is 5.98. The molecule has 0 bridgehead atoms. The van der Waals surface area contributed by atoms with E-state index in [1.807, 2.05) is 6.07 Å². The van der Waals surface area contributed by atoms with Crippen molar-refractivity contribution in [2.24, 2.45) is 16.7 Å². The summed E-state index contributed by atoms with van der Waals surface area (Å²) in [5.41, 5.74) is 2.62. The van der Waals surface area contributed by atoms with Gasteiger partial charge in [-0.15, -0.1) is 0 Å². The molecule has 1 aliphatic rings. The van der Waals surface area contributed by atoms with Gasteiger partial charge in [-0.3, -0.25) is 4.79 Å². The second kappa shape index (κ2) is 3.84. The fourth-order valence-corrected chi connectivity index (χ4v) is 3.65. The minimum Gasteiger partial charge on any atom is -0.281 e. The van der Waals surface area contributed by atoms with Gasteiger partial charge in [-0.05, 0) is 46.9 Å². The number of halogens is 1. The lowest BCUT2D eigenvalue weighted by atomic mass is 9.89. The summed E-state index contributed by atoms with van der Waals surface area (Å²) in [5, 5.41) is -0.189. The largest absolute Gasteiger partial charge is 0.281 e. The van der Waals surface area contributed by atoms with Crippen LogP contribution in [0.1, 0.15) is 31.9 Å². The lowest BCUT2D eigenvalue weighted by molar-refractivity contribution is -0.113. The molecule has 1 aliphatic carbocycles. The topological polar surface area (TPSA) is 17.1 Å². The lowest BCUT2D eigenvalue weighted by Gasteiger charge is -2.16. The number of hydrogen-bond donors (Lipinski definition) is 0. The maximum Gasteiger partial charge on any atom is 0.225 e. The predicted octanol–water partition coefficient (Wildman–Crippen LogP) is 3.97. The van der Waals surface area contributed by atoms with E-state index in [0.29, 0.717) is 0 Å². The van der Waals surface area contributed by atoms with Crippen molar-refractivity contribution >= 4 is 16.8 Å². The molecule has 0 N–H and O–H groups in total. The van der Waals surface area contributed by atoms with Crippen LogP contribution in [-0.4, -0.2) is 5.24 Å². The number of hydrogen-bond acceptors (Lipinski definition) is 1. The Labute approximate surface area is 108 Å². The molecule has 0 amide bonds. The van der Waals surface area contributed by atoms with Gasteiger partial charge in [0, 0.05) is 5.92 Å². The zero-order valence-electron chi connectivity index (χ0n) is 10.9. The zero-order chi connectivity index (χ0) is 12.8. The van der Waals surface area contributed by atoms with Gasteiger partial charge in [0.15, 0.2) is 0 Å². The summed E-state index contributed by atoms with van der Waals surface area (Å²) < 4.78 is 0. The highest BCUT2D eigenvalue weighted by Crippen LogP contribution is 2.70. The molecule has 17 heavy (non-hydrogen) atoms. The third-order valence-electron chi connectivity index (χ3n) is 4.79. The Morgan fingerprint density at radius 2 is 1.88 bits per heavy atom. The Morgan fingerprint density at radius 1 is 1.29 bits per heavy atom. The smallest absolute Gasteiger partial charge is 0.225 e. The van der Waals surface area contributed by atoms with Crippen molar-refractivity contribution in [3.63, 3.8) is 0 Å². The van der Waals surface area contributed by atoms with Crippen LogP contribution in [0.3, 0.4) is 0 Å². The van der Waals surface area contributed by atoms with Crippen LogP contribution in [0, 0.1) is 23.7 Å². The molecule has 0 aliphatic heterocycles. The monoisotopic (exact) mass is 250 g/mol. The fourth-order valence-electron chi connectivity index (χ4n) is 3.14. The van der Waals surface area contributed by atoms with Crippen LogP contribution in [0.25, 0.3) is 0 Å². The van der Waals surface area contributed by atoms with E-state index >= 15 is 0 Å². The van der Waals surface area contributed by atoms with E-state index in [2.05, 4.69) is 45.9 Å². The summed E-state index contributed by atoms with van der Waals surface area (Å²) in [4.78, 5) is 11.5. The first kappa shape index (κ1) is 12.6. The first-order chi connectivity index (χ1) is 7.80. The Balaban J connectivity index is 2.26. The van der Waals surface area contributed by atoms with E-state index in [-0.39, 0.29) is 22.0 Å². The van der Waals surface area contributed by atoms with E-state index in [1.54, 1.807) is 0 Å². The van der Waals surface area contributed by atoms with Gasteiger partial charge in [-0.25, -0.2) is 0 Å². The average Bonchev–Trinajstić information content (AvgIpc) is 2.64. The molecule has 0 saturated heterocycles. The first-order valence-corrected chi connectivity index (χ1v) is 6.42. The van der Waals surface area contributed by atoms with Crippen molar-refractivity contribution in [1.29, 1.82) is 0 Å². The number of aryl methyl sites for hydroxylation is 1. The molecule has 1 nitrogen and oxygen atoms in total. The van der Waals surface area contributed by atoms with Gasteiger partial charge in [0.25, 0.3) is 0 Å². The van der Waals surface area contributed by atoms with Crippen molar-refractivity contribution in [2.45, 2.75) is 34.1 Å². The summed E-state index contributed by atoms with van der Waals surface area (Å²) in [5.74, 6) is -0.0173. The zero-order valence-corrected chi connectivity index (χ0v) is 11.6. The summed E-state index contributed by atoms with van der Waals surface area (Å²) >= 11 is 5.71. The average molecular weight is 251 g/mol. The van der Waals surface area contributed by atoms with Gasteiger partial charge in [-0.1, -0.05) is 45.0 Å². The van der Waals surface area contributed by atoms with Crippen molar-refractivity contribution in [1.82, 2.24) is 0 Å². The van der Waals surface area contributed by atoms with E-state index in [4.69, 9.17) is 11.6 Å². The minimum atomic E-state index is -0.189. The molecular formula is C15H19ClO. The quantitative estimate of drug-likeness (QED) is 0.742. The Morgan fingerprint density at radius 3 is 2.35 bits per heavy atom. The van der Waals surface area contributed by atoms with Gasteiger partial charge in [0.2, 0.25) is 5.24 Å². The van der Waals surface area contributed by atoms with Crippen LogP contribution < -0.4 is 0 Å². The Hall–Kier alpha value is -0.820.